The lowest BCUT2D eigenvalue weighted by Gasteiger charge is -2.31. The maximum atomic E-state index is 13.4. The second-order valence-electron chi connectivity index (χ2n) is 7.69. The zero-order valence-corrected chi connectivity index (χ0v) is 18.8. The monoisotopic (exact) mass is 410 g/mol. The number of carbonyl (C=O) groups excluding carboxylic acids is 2. The van der Waals surface area contributed by atoms with Crippen LogP contribution in [0.5, 0.6) is 5.75 Å². The minimum atomic E-state index is -0.514. The summed E-state index contributed by atoms with van der Waals surface area (Å²) < 4.78 is 5.33. The van der Waals surface area contributed by atoms with Crippen LogP contribution in [0.3, 0.4) is 0 Å². The Balaban J connectivity index is 2.33. The third kappa shape index (κ3) is 6.34. The van der Waals surface area contributed by atoms with Gasteiger partial charge in [-0.1, -0.05) is 49.7 Å². The molecule has 5 heteroatoms. The summed E-state index contributed by atoms with van der Waals surface area (Å²) in [6.45, 7) is 8.96. The van der Waals surface area contributed by atoms with Crippen molar-refractivity contribution in [2.75, 3.05) is 13.7 Å². The Morgan fingerprint density at radius 1 is 1.10 bits per heavy atom. The van der Waals surface area contributed by atoms with Gasteiger partial charge in [0.25, 0.3) is 0 Å². The van der Waals surface area contributed by atoms with Crippen molar-refractivity contribution in [3.63, 3.8) is 0 Å². The summed E-state index contributed by atoms with van der Waals surface area (Å²) in [6.07, 6.45) is 1.68. The lowest BCUT2D eigenvalue weighted by Crippen LogP contribution is -2.49. The predicted octanol–water partition coefficient (Wildman–Crippen LogP) is 4.19. The van der Waals surface area contributed by atoms with E-state index in [0.717, 1.165) is 34.4 Å². The molecule has 2 amide bonds. The molecule has 2 aromatic rings. The predicted molar refractivity (Wildman–Crippen MR) is 121 cm³/mol. The highest BCUT2D eigenvalue weighted by molar-refractivity contribution is 5.88. The molecule has 0 aliphatic rings. The highest BCUT2D eigenvalue weighted by Gasteiger charge is 2.28. The van der Waals surface area contributed by atoms with Gasteiger partial charge in [0, 0.05) is 13.1 Å². The summed E-state index contributed by atoms with van der Waals surface area (Å²) in [6, 6.07) is 13.3. The van der Waals surface area contributed by atoms with Crippen molar-refractivity contribution in [2.24, 2.45) is 0 Å². The Labute approximate surface area is 180 Å². The smallest absolute Gasteiger partial charge is 0.242 e. The minimum Gasteiger partial charge on any atom is -0.497 e. The first-order valence-corrected chi connectivity index (χ1v) is 10.7. The molecule has 0 heterocycles. The topological polar surface area (TPSA) is 58.6 Å². The van der Waals surface area contributed by atoms with Crippen LogP contribution in [0.15, 0.2) is 42.5 Å². The van der Waals surface area contributed by atoms with E-state index in [-0.39, 0.29) is 18.2 Å². The first kappa shape index (κ1) is 23.5. The van der Waals surface area contributed by atoms with E-state index in [2.05, 4.69) is 11.4 Å². The number of rotatable bonds is 10. The molecule has 0 bridgehead atoms. The fourth-order valence-electron chi connectivity index (χ4n) is 3.51. The van der Waals surface area contributed by atoms with Crippen molar-refractivity contribution in [3.8, 4) is 5.75 Å². The summed E-state index contributed by atoms with van der Waals surface area (Å²) in [7, 11) is 1.62. The Bertz CT molecular complexity index is 863. The molecular weight excluding hydrogens is 376 g/mol. The van der Waals surface area contributed by atoms with Crippen LogP contribution >= 0.6 is 0 Å². The van der Waals surface area contributed by atoms with Crippen LogP contribution in [0.1, 0.15) is 48.9 Å². The van der Waals surface area contributed by atoms with Crippen molar-refractivity contribution in [2.45, 2.75) is 59.5 Å². The molecule has 1 atom stereocenters. The summed E-state index contributed by atoms with van der Waals surface area (Å²) in [5.74, 6) is 0.583. The molecule has 0 fully saturated rings. The summed E-state index contributed by atoms with van der Waals surface area (Å²) in [5.41, 5.74) is 4.14. The van der Waals surface area contributed by atoms with Crippen LogP contribution in [0.4, 0.5) is 0 Å². The largest absolute Gasteiger partial charge is 0.497 e. The number of aryl methyl sites for hydroxylation is 2. The van der Waals surface area contributed by atoms with Crippen LogP contribution in [0, 0.1) is 13.8 Å². The number of nitrogens with one attached hydrogen (secondary N) is 1. The molecule has 0 saturated heterocycles. The molecule has 2 rings (SSSR count). The van der Waals surface area contributed by atoms with Gasteiger partial charge in [-0.25, -0.2) is 0 Å². The quantitative estimate of drug-likeness (QED) is 0.639. The molecule has 0 aliphatic heterocycles. The number of benzene rings is 2. The molecule has 0 radical (unpaired) electrons. The van der Waals surface area contributed by atoms with Gasteiger partial charge in [-0.05, 0) is 55.5 Å². The average molecular weight is 411 g/mol. The standard InChI is InChI=1S/C25H34N2O3/c1-6-13-26-25(29)23(7-2)27(17-20-9-8-10-22(15-20)30-5)24(28)16-21-14-18(3)11-12-19(21)4/h8-12,14-15,23H,6-7,13,16-17H2,1-5H3,(H,26,29)/t23-/m0/s1. The summed E-state index contributed by atoms with van der Waals surface area (Å²) in [4.78, 5) is 28.0. The maximum Gasteiger partial charge on any atom is 0.242 e. The van der Waals surface area contributed by atoms with Crippen LogP contribution in [-0.2, 0) is 22.6 Å². The van der Waals surface area contributed by atoms with Gasteiger partial charge in [0.1, 0.15) is 11.8 Å². The number of hydrogen-bond acceptors (Lipinski definition) is 3. The number of nitrogens with zero attached hydrogens (tertiary/aromatic N) is 1. The van der Waals surface area contributed by atoms with E-state index in [1.807, 2.05) is 64.1 Å². The molecule has 0 unspecified atom stereocenters. The van der Waals surface area contributed by atoms with Crippen molar-refractivity contribution in [3.05, 3.63) is 64.7 Å². The van der Waals surface area contributed by atoms with Crippen LogP contribution in [0.25, 0.3) is 0 Å². The molecule has 2 aromatic carbocycles. The lowest BCUT2D eigenvalue weighted by molar-refractivity contribution is -0.140. The zero-order chi connectivity index (χ0) is 22.1. The van der Waals surface area contributed by atoms with Crippen LogP contribution in [0.2, 0.25) is 0 Å². The van der Waals surface area contributed by atoms with Gasteiger partial charge >= 0.3 is 0 Å². The molecular formula is C25H34N2O3. The second-order valence-corrected chi connectivity index (χ2v) is 7.69. The van der Waals surface area contributed by atoms with Gasteiger partial charge in [-0.15, -0.1) is 0 Å². The number of hydrogen-bond donors (Lipinski definition) is 1. The number of methoxy groups -OCH3 is 1. The molecule has 5 nitrogen and oxygen atoms in total. The van der Waals surface area contributed by atoms with Gasteiger partial charge in [0.2, 0.25) is 11.8 Å². The second kappa shape index (κ2) is 11.4. The third-order valence-electron chi connectivity index (χ3n) is 5.27. The van der Waals surface area contributed by atoms with E-state index in [9.17, 15) is 9.59 Å². The zero-order valence-electron chi connectivity index (χ0n) is 18.8. The molecule has 0 aromatic heterocycles. The Kier molecular flexibility index (Phi) is 8.90. The van der Waals surface area contributed by atoms with Crippen molar-refractivity contribution >= 4 is 11.8 Å². The normalized spacial score (nSPS) is 11.6. The van der Waals surface area contributed by atoms with Gasteiger partial charge < -0.3 is 15.0 Å². The molecule has 0 spiro atoms. The van der Waals surface area contributed by atoms with E-state index in [1.54, 1.807) is 12.0 Å². The van der Waals surface area contributed by atoms with Crippen molar-refractivity contribution in [1.29, 1.82) is 0 Å². The van der Waals surface area contributed by atoms with Gasteiger partial charge in [-0.3, -0.25) is 9.59 Å². The number of ether oxygens (including phenoxy) is 1. The molecule has 0 saturated carbocycles. The Morgan fingerprint density at radius 2 is 1.87 bits per heavy atom. The number of carbonyl (C=O) groups is 2. The third-order valence-corrected chi connectivity index (χ3v) is 5.27. The van der Waals surface area contributed by atoms with E-state index in [4.69, 9.17) is 4.74 Å². The summed E-state index contributed by atoms with van der Waals surface area (Å²) >= 11 is 0. The lowest BCUT2D eigenvalue weighted by atomic mass is 10.0. The Morgan fingerprint density at radius 3 is 2.53 bits per heavy atom. The first-order valence-electron chi connectivity index (χ1n) is 10.7. The van der Waals surface area contributed by atoms with E-state index in [1.165, 1.54) is 0 Å². The summed E-state index contributed by atoms with van der Waals surface area (Å²) in [5, 5.41) is 2.95. The maximum absolute atomic E-state index is 13.4. The van der Waals surface area contributed by atoms with Crippen molar-refractivity contribution < 1.29 is 14.3 Å². The molecule has 162 valence electrons. The molecule has 1 N–H and O–H groups in total. The van der Waals surface area contributed by atoms with Gasteiger partial charge in [0.15, 0.2) is 0 Å². The van der Waals surface area contributed by atoms with Crippen LogP contribution < -0.4 is 10.1 Å². The van der Waals surface area contributed by atoms with E-state index in [0.29, 0.717) is 19.5 Å². The van der Waals surface area contributed by atoms with E-state index >= 15 is 0 Å². The average Bonchev–Trinajstić information content (AvgIpc) is 2.74. The van der Waals surface area contributed by atoms with Crippen molar-refractivity contribution in [1.82, 2.24) is 10.2 Å². The molecule has 30 heavy (non-hydrogen) atoms. The molecule has 0 aliphatic carbocycles. The fraction of sp³-hybridized carbons (Fsp3) is 0.440. The highest BCUT2D eigenvalue weighted by Crippen LogP contribution is 2.19. The van der Waals surface area contributed by atoms with Crippen LogP contribution in [-0.4, -0.2) is 36.4 Å². The van der Waals surface area contributed by atoms with E-state index < -0.39 is 6.04 Å². The number of amides is 2. The van der Waals surface area contributed by atoms with Gasteiger partial charge in [0.05, 0.1) is 13.5 Å². The fourth-order valence-corrected chi connectivity index (χ4v) is 3.51. The SMILES string of the molecule is CCCNC(=O)[C@H](CC)N(Cc1cccc(OC)c1)C(=O)Cc1cc(C)ccc1C. The highest BCUT2D eigenvalue weighted by atomic mass is 16.5. The Hall–Kier alpha value is -2.82. The first-order chi connectivity index (χ1) is 14.4. The minimum absolute atomic E-state index is 0.0509. The van der Waals surface area contributed by atoms with Gasteiger partial charge in [-0.2, -0.15) is 0 Å².